The summed E-state index contributed by atoms with van der Waals surface area (Å²) in [5.74, 6) is 1.15. The summed E-state index contributed by atoms with van der Waals surface area (Å²) < 4.78 is 5.47. The molecule has 0 radical (unpaired) electrons. The molecule has 0 atom stereocenters. The lowest BCUT2D eigenvalue weighted by atomic mass is 9.98. The van der Waals surface area contributed by atoms with E-state index in [0.717, 1.165) is 17.1 Å². The quantitative estimate of drug-likeness (QED) is 0.716. The Morgan fingerprint density at radius 2 is 1.56 bits per heavy atom. The van der Waals surface area contributed by atoms with E-state index in [1.807, 2.05) is 26.0 Å². The summed E-state index contributed by atoms with van der Waals surface area (Å²) in [6.07, 6.45) is 0. The Morgan fingerprint density at radius 3 is 2.20 bits per heavy atom. The third-order valence-corrected chi connectivity index (χ3v) is 4.04. The molecular formula is C21H19NO3. The van der Waals surface area contributed by atoms with Crippen molar-refractivity contribution < 1.29 is 14.0 Å². The molecule has 0 spiro atoms. The maximum absolute atomic E-state index is 12.7. The topological polar surface area (TPSA) is 59.3 Å². The van der Waals surface area contributed by atoms with Crippen molar-refractivity contribution in [2.24, 2.45) is 0 Å². The third kappa shape index (κ3) is 3.69. The van der Waals surface area contributed by atoms with Crippen LogP contribution in [0.15, 0.2) is 65.1 Å². The van der Waals surface area contributed by atoms with Gasteiger partial charge in [-0.3, -0.25) is 9.59 Å². The summed E-state index contributed by atoms with van der Waals surface area (Å²) in [6.45, 7) is 4.09. The average Bonchev–Trinajstić information content (AvgIpc) is 2.97. The van der Waals surface area contributed by atoms with E-state index < -0.39 is 0 Å². The van der Waals surface area contributed by atoms with Gasteiger partial charge in [0.1, 0.15) is 11.5 Å². The zero-order chi connectivity index (χ0) is 17.8. The van der Waals surface area contributed by atoms with E-state index in [2.05, 4.69) is 5.32 Å². The Labute approximate surface area is 146 Å². The Hall–Kier alpha value is -3.14. The van der Waals surface area contributed by atoms with Gasteiger partial charge in [0.2, 0.25) is 0 Å². The molecule has 0 aliphatic rings. The molecule has 1 aromatic heterocycles. The highest BCUT2D eigenvalue weighted by Crippen LogP contribution is 2.16. The zero-order valence-electron chi connectivity index (χ0n) is 14.2. The number of hydrogen-bond acceptors (Lipinski definition) is 3. The van der Waals surface area contributed by atoms with Crippen molar-refractivity contribution in [3.63, 3.8) is 0 Å². The van der Waals surface area contributed by atoms with E-state index in [1.165, 1.54) is 0 Å². The second-order valence-corrected chi connectivity index (χ2v) is 5.86. The fraction of sp³-hybridized carbons (Fsp3) is 0.143. The second kappa shape index (κ2) is 7.18. The molecule has 0 unspecified atom stereocenters. The highest BCUT2D eigenvalue weighted by Gasteiger charge is 2.18. The van der Waals surface area contributed by atoms with E-state index in [4.69, 9.17) is 4.42 Å². The van der Waals surface area contributed by atoms with Crippen molar-refractivity contribution in [3.05, 3.63) is 94.4 Å². The van der Waals surface area contributed by atoms with Crippen LogP contribution in [0, 0.1) is 13.8 Å². The van der Waals surface area contributed by atoms with Gasteiger partial charge >= 0.3 is 0 Å². The first-order valence-electron chi connectivity index (χ1n) is 8.09. The first-order valence-corrected chi connectivity index (χ1v) is 8.09. The second-order valence-electron chi connectivity index (χ2n) is 5.86. The highest BCUT2D eigenvalue weighted by molar-refractivity contribution is 6.15. The molecular weight excluding hydrogens is 314 g/mol. The monoisotopic (exact) mass is 333 g/mol. The predicted molar refractivity (Wildman–Crippen MR) is 95.7 cm³/mol. The van der Waals surface area contributed by atoms with Gasteiger partial charge < -0.3 is 9.73 Å². The molecule has 0 bridgehead atoms. The minimum absolute atomic E-state index is 0.165. The zero-order valence-corrected chi connectivity index (χ0v) is 14.2. The number of amides is 1. The Kier molecular flexibility index (Phi) is 4.80. The van der Waals surface area contributed by atoms with Gasteiger partial charge in [0.05, 0.1) is 5.56 Å². The molecule has 25 heavy (non-hydrogen) atoms. The largest absolute Gasteiger partial charge is 0.466 e. The van der Waals surface area contributed by atoms with Crippen LogP contribution in [0.1, 0.15) is 43.4 Å². The smallest absolute Gasteiger partial charge is 0.252 e. The molecule has 1 heterocycles. The number of benzene rings is 2. The molecule has 0 aliphatic carbocycles. The summed E-state index contributed by atoms with van der Waals surface area (Å²) >= 11 is 0. The van der Waals surface area contributed by atoms with E-state index in [9.17, 15) is 9.59 Å². The van der Waals surface area contributed by atoms with Gasteiger partial charge in [-0.15, -0.1) is 0 Å². The molecule has 3 aromatic rings. The summed E-state index contributed by atoms with van der Waals surface area (Å²) in [7, 11) is 0. The van der Waals surface area contributed by atoms with Crippen LogP contribution in [0.25, 0.3) is 0 Å². The molecule has 126 valence electrons. The minimum atomic E-state index is -0.280. The molecule has 4 heteroatoms. The number of ketones is 1. The Morgan fingerprint density at radius 1 is 0.920 bits per heavy atom. The molecule has 4 nitrogen and oxygen atoms in total. The van der Waals surface area contributed by atoms with Crippen molar-refractivity contribution in [2.45, 2.75) is 20.4 Å². The van der Waals surface area contributed by atoms with Crippen LogP contribution in [0.3, 0.4) is 0 Å². The number of aryl methyl sites for hydroxylation is 2. The normalized spacial score (nSPS) is 10.5. The molecule has 0 saturated carbocycles. The molecule has 1 N–H and O–H groups in total. The van der Waals surface area contributed by atoms with Crippen LogP contribution in [0.4, 0.5) is 0 Å². The summed E-state index contributed by atoms with van der Waals surface area (Å²) in [5, 5.41) is 2.86. The number of carbonyl (C=O) groups excluding carboxylic acids is 2. The lowest BCUT2D eigenvalue weighted by molar-refractivity contribution is 0.0939. The number of carbonyl (C=O) groups is 2. The highest BCUT2D eigenvalue weighted by atomic mass is 16.3. The fourth-order valence-electron chi connectivity index (χ4n) is 2.75. The summed E-state index contributed by atoms with van der Waals surface area (Å²) in [4.78, 5) is 25.3. The molecule has 2 aromatic carbocycles. The van der Waals surface area contributed by atoms with E-state index >= 15 is 0 Å². The van der Waals surface area contributed by atoms with Crippen LogP contribution in [-0.2, 0) is 6.54 Å². The van der Waals surface area contributed by atoms with E-state index in [-0.39, 0.29) is 11.7 Å². The van der Waals surface area contributed by atoms with E-state index in [1.54, 1.807) is 48.5 Å². The maximum atomic E-state index is 12.7. The third-order valence-electron chi connectivity index (χ3n) is 4.04. The van der Waals surface area contributed by atoms with Crippen molar-refractivity contribution in [1.82, 2.24) is 5.32 Å². The lowest BCUT2D eigenvalue weighted by Gasteiger charge is -2.09. The average molecular weight is 333 g/mol. The standard InChI is InChI=1S/C21H19NO3/c1-14-12-17(15(2)25-14)13-22-21(24)19-11-7-6-10-18(19)20(23)16-8-4-3-5-9-16/h3-12H,13H2,1-2H3,(H,22,24). The number of furan rings is 1. The minimum Gasteiger partial charge on any atom is -0.466 e. The van der Waals surface area contributed by atoms with Gasteiger partial charge in [-0.1, -0.05) is 48.5 Å². The lowest BCUT2D eigenvalue weighted by Crippen LogP contribution is -2.25. The van der Waals surface area contributed by atoms with Gasteiger partial charge in [-0.2, -0.15) is 0 Å². The van der Waals surface area contributed by atoms with Crippen molar-refractivity contribution in [2.75, 3.05) is 0 Å². The number of rotatable bonds is 5. The van der Waals surface area contributed by atoms with Crippen LogP contribution in [0.5, 0.6) is 0 Å². The predicted octanol–water partition coefficient (Wildman–Crippen LogP) is 4.06. The number of nitrogens with one attached hydrogen (secondary N) is 1. The molecule has 3 rings (SSSR count). The Bertz CT molecular complexity index is 910. The van der Waals surface area contributed by atoms with E-state index in [0.29, 0.717) is 23.2 Å². The van der Waals surface area contributed by atoms with Gasteiger partial charge in [0, 0.05) is 23.2 Å². The molecule has 0 aliphatic heterocycles. The van der Waals surface area contributed by atoms with Gasteiger partial charge in [0.15, 0.2) is 5.78 Å². The van der Waals surface area contributed by atoms with Crippen LogP contribution < -0.4 is 5.32 Å². The first kappa shape index (κ1) is 16.7. The van der Waals surface area contributed by atoms with Crippen molar-refractivity contribution in [3.8, 4) is 0 Å². The first-order chi connectivity index (χ1) is 12.1. The van der Waals surface area contributed by atoms with Crippen LogP contribution in [-0.4, -0.2) is 11.7 Å². The summed E-state index contributed by atoms with van der Waals surface area (Å²) in [6, 6.07) is 17.7. The van der Waals surface area contributed by atoms with Gasteiger partial charge in [0.25, 0.3) is 5.91 Å². The number of hydrogen-bond donors (Lipinski definition) is 1. The molecule has 0 fully saturated rings. The SMILES string of the molecule is Cc1cc(CNC(=O)c2ccccc2C(=O)c2ccccc2)c(C)o1. The Balaban J connectivity index is 1.81. The van der Waals surface area contributed by atoms with Crippen molar-refractivity contribution >= 4 is 11.7 Å². The van der Waals surface area contributed by atoms with Crippen molar-refractivity contribution in [1.29, 1.82) is 0 Å². The maximum Gasteiger partial charge on any atom is 0.252 e. The van der Waals surface area contributed by atoms with Crippen LogP contribution >= 0.6 is 0 Å². The summed E-state index contributed by atoms with van der Waals surface area (Å²) in [5.41, 5.74) is 2.25. The van der Waals surface area contributed by atoms with Gasteiger partial charge in [-0.25, -0.2) is 0 Å². The molecule has 0 saturated heterocycles. The fourth-order valence-corrected chi connectivity index (χ4v) is 2.75. The van der Waals surface area contributed by atoms with Gasteiger partial charge in [-0.05, 0) is 26.0 Å². The molecule has 1 amide bonds. The van der Waals surface area contributed by atoms with Crippen LogP contribution in [0.2, 0.25) is 0 Å².